The Bertz CT molecular complexity index is 383. The van der Waals surface area contributed by atoms with Crippen LogP contribution in [0.2, 0.25) is 0 Å². The lowest BCUT2D eigenvalue weighted by atomic mass is 9.89. The number of hydrogen-bond acceptors (Lipinski definition) is 2. The van der Waals surface area contributed by atoms with Crippen LogP contribution in [0.3, 0.4) is 0 Å². The van der Waals surface area contributed by atoms with Crippen molar-refractivity contribution in [2.24, 2.45) is 0 Å². The molecule has 0 atom stereocenters. The van der Waals surface area contributed by atoms with Crippen LogP contribution in [0.15, 0.2) is 18.2 Å². The largest absolute Gasteiger partial charge is 0.483 e. The van der Waals surface area contributed by atoms with Crippen LogP contribution in [0, 0.1) is 5.82 Å². The average Bonchev–Trinajstić information content (AvgIpc) is 2.59. The Morgan fingerprint density at radius 2 is 2.00 bits per heavy atom. The minimum Gasteiger partial charge on any atom is -0.483 e. The molecule has 0 saturated carbocycles. The van der Waals surface area contributed by atoms with E-state index in [-0.39, 0.29) is 11.4 Å². The number of halogens is 1. The lowest BCUT2D eigenvalue weighted by molar-refractivity contribution is -0.0343. The third kappa shape index (κ3) is 1.42. The lowest BCUT2D eigenvalue weighted by Crippen LogP contribution is -2.40. The van der Waals surface area contributed by atoms with Crippen molar-refractivity contribution in [2.75, 3.05) is 13.2 Å². The van der Waals surface area contributed by atoms with Gasteiger partial charge >= 0.3 is 0 Å². The Morgan fingerprint density at radius 1 is 1.20 bits per heavy atom. The molecule has 1 aromatic carbocycles. The predicted molar refractivity (Wildman–Crippen MR) is 53.5 cm³/mol. The van der Waals surface area contributed by atoms with Gasteiger partial charge in [0.05, 0.1) is 13.2 Å². The van der Waals surface area contributed by atoms with Gasteiger partial charge in [-0.25, -0.2) is 4.39 Å². The summed E-state index contributed by atoms with van der Waals surface area (Å²) in [7, 11) is 0. The monoisotopic (exact) mass is 208 g/mol. The second-order valence-corrected chi connectivity index (χ2v) is 4.30. The lowest BCUT2D eigenvalue weighted by Gasteiger charge is -2.32. The van der Waals surface area contributed by atoms with Gasteiger partial charge in [0.25, 0.3) is 0 Å². The molecule has 1 spiro atoms. The zero-order valence-electron chi connectivity index (χ0n) is 8.46. The summed E-state index contributed by atoms with van der Waals surface area (Å²) in [5.41, 5.74) is 0.805. The first-order chi connectivity index (χ1) is 7.29. The number of benzene rings is 1. The van der Waals surface area contributed by atoms with Gasteiger partial charge in [-0.15, -0.1) is 0 Å². The molecule has 0 bridgehead atoms. The van der Waals surface area contributed by atoms with Crippen LogP contribution < -0.4 is 4.74 Å². The van der Waals surface area contributed by atoms with Gasteiger partial charge in [-0.2, -0.15) is 0 Å². The maximum Gasteiger partial charge on any atom is 0.165 e. The minimum absolute atomic E-state index is 0.192. The summed E-state index contributed by atoms with van der Waals surface area (Å²) in [6.07, 6.45) is 2.55. The molecule has 0 unspecified atom stereocenters. The maximum absolute atomic E-state index is 13.5. The smallest absolute Gasteiger partial charge is 0.165 e. The van der Waals surface area contributed by atoms with E-state index in [0.29, 0.717) is 5.75 Å². The number of fused-ring (bicyclic) bond motifs is 1. The van der Waals surface area contributed by atoms with E-state index in [4.69, 9.17) is 9.47 Å². The van der Waals surface area contributed by atoms with Gasteiger partial charge in [0.15, 0.2) is 11.6 Å². The molecule has 80 valence electrons. The SMILES string of the molecule is Fc1cccc2c1OC1(CCOCC1)C2. The summed E-state index contributed by atoms with van der Waals surface area (Å²) >= 11 is 0. The molecule has 2 nitrogen and oxygen atoms in total. The Hall–Kier alpha value is -1.09. The van der Waals surface area contributed by atoms with Crippen LogP contribution in [0.25, 0.3) is 0 Å². The second-order valence-electron chi connectivity index (χ2n) is 4.30. The first-order valence-corrected chi connectivity index (χ1v) is 5.33. The molecule has 0 N–H and O–H groups in total. The van der Waals surface area contributed by atoms with Crippen molar-refractivity contribution in [1.82, 2.24) is 0 Å². The van der Waals surface area contributed by atoms with Crippen molar-refractivity contribution >= 4 is 0 Å². The molecule has 0 aliphatic carbocycles. The topological polar surface area (TPSA) is 18.5 Å². The molecule has 1 fully saturated rings. The van der Waals surface area contributed by atoms with Gasteiger partial charge in [-0.3, -0.25) is 0 Å². The summed E-state index contributed by atoms with van der Waals surface area (Å²) < 4.78 is 24.6. The Labute approximate surface area is 88.0 Å². The van der Waals surface area contributed by atoms with Crippen molar-refractivity contribution in [3.05, 3.63) is 29.6 Å². The maximum atomic E-state index is 13.5. The van der Waals surface area contributed by atoms with Gasteiger partial charge in [-0.05, 0) is 6.07 Å². The van der Waals surface area contributed by atoms with Gasteiger partial charge in [0.2, 0.25) is 0 Å². The van der Waals surface area contributed by atoms with Gasteiger partial charge in [0, 0.05) is 24.8 Å². The highest BCUT2D eigenvalue weighted by Crippen LogP contribution is 2.41. The predicted octanol–water partition coefficient (Wildman–Crippen LogP) is 2.31. The number of ether oxygens (including phenoxy) is 2. The Morgan fingerprint density at radius 3 is 2.73 bits per heavy atom. The van der Waals surface area contributed by atoms with Crippen LogP contribution in [0.1, 0.15) is 18.4 Å². The van der Waals surface area contributed by atoms with Crippen molar-refractivity contribution < 1.29 is 13.9 Å². The van der Waals surface area contributed by atoms with Crippen LogP contribution in [-0.4, -0.2) is 18.8 Å². The molecule has 2 heterocycles. The molecule has 1 aromatic rings. The van der Waals surface area contributed by atoms with E-state index in [9.17, 15) is 4.39 Å². The van der Waals surface area contributed by atoms with E-state index in [2.05, 4.69) is 0 Å². The Balaban J connectivity index is 1.94. The minimum atomic E-state index is -0.240. The standard InChI is InChI=1S/C12H13FO2/c13-10-3-1-2-9-8-12(15-11(9)10)4-6-14-7-5-12/h1-3H,4-8H2. The van der Waals surface area contributed by atoms with E-state index >= 15 is 0 Å². The molecule has 2 aliphatic rings. The van der Waals surface area contributed by atoms with E-state index < -0.39 is 0 Å². The fraction of sp³-hybridized carbons (Fsp3) is 0.500. The molecular weight excluding hydrogens is 195 g/mol. The molecule has 3 rings (SSSR count). The van der Waals surface area contributed by atoms with Crippen LogP contribution in [0.4, 0.5) is 4.39 Å². The molecule has 15 heavy (non-hydrogen) atoms. The zero-order valence-corrected chi connectivity index (χ0v) is 8.46. The number of para-hydroxylation sites is 1. The first-order valence-electron chi connectivity index (χ1n) is 5.33. The molecule has 3 heteroatoms. The summed E-state index contributed by atoms with van der Waals surface area (Å²) in [6, 6.07) is 5.15. The molecular formula is C12H13FO2. The normalized spacial score (nSPS) is 22.5. The first kappa shape index (κ1) is 9.16. The fourth-order valence-electron chi connectivity index (χ4n) is 2.43. The summed E-state index contributed by atoms with van der Waals surface area (Å²) in [5, 5.41) is 0. The summed E-state index contributed by atoms with van der Waals surface area (Å²) in [6.45, 7) is 1.44. The highest BCUT2D eigenvalue weighted by Gasteiger charge is 2.41. The van der Waals surface area contributed by atoms with E-state index in [1.165, 1.54) is 6.07 Å². The molecule has 0 radical (unpaired) electrons. The highest BCUT2D eigenvalue weighted by atomic mass is 19.1. The van der Waals surface area contributed by atoms with Crippen molar-refractivity contribution in [2.45, 2.75) is 24.9 Å². The van der Waals surface area contributed by atoms with Gasteiger partial charge in [-0.1, -0.05) is 12.1 Å². The van der Waals surface area contributed by atoms with Crippen LogP contribution in [0.5, 0.6) is 5.75 Å². The van der Waals surface area contributed by atoms with E-state index in [0.717, 1.165) is 38.0 Å². The molecule has 2 aliphatic heterocycles. The third-order valence-electron chi connectivity index (χ3n) is 3.28. The number of rotatable bonds is 0. The van der Waals surface area contributed by atoms with Crippen molar-refractivity contribution in [1.29, 1.82) is 0 Å². The van der Waals surface area contributed by atoms with Gasteiger partial charge < -0.3 is 9.47 Å². The molecule has 0 aromatic heterocycles. The molecule has 0 amide bonds. The fourth-order valence-corrected chi connectivity index (χ4v) is 2.43. The van der Waals surface area contributed by atoms with Gasteiger partial charge in [0.1, 0.15) is 5.60 Å². The summed E-state index contributed by atoms with van der Waals surface area (Å²) in [4.78, 5) is 0. The highest BCUT2D eigenvalue weighted by molar-refractivity contribution is 5.40. The zero-order chi connectivity index (χ0) is 10.3. The second kappa shape index (κ2) is 3.20. The molecule has 1 saturated heterocycles. The summed E-state index contributed by atoms with van der Waals surface area (Å²) in [5.74, 6) is 0.218. The van der Waals surface area contributed by atoms with Crippen molar-refractivity contribution in [3.8, 4) is 5.75 Å². The van der Waals surface area contributed by atoms with E-state index in [1.54, 1.807) is 6.07 Å². The number of hydrogen-bond donors (Lipinski definition) is 0. The van der Waals surface area contributed by atoms with E-state index in [1.807, 2.05) is 6.07 Å². The average molecular weight is 208 g/mol. The third-order valence-corrected chi connectivity index (χ3v) is 3.28. The quantitative estimate of drug-likeness (QED) is 0.651. The Kier molecular flexibility index (Phi) is 1.96. The van der Waals surface area contributed by atoms with Crippen LogP contribution >= 0.6 is 0 Å². The van der Waals surface area contributed by atoms with Crippen molar-refractivity contribution in [3.63, 3.8) is 0 Å². The van der Waals surface area contributed by atoms with Crippen LogP contribution in [-0.2, 0) is 11.2 Å².